The van der Waals surface area contributed by atoms with Crippen LogP contribution in [-0.4, -0.2) is 31.4 Å². The Labute approximate surface area is 176 Å². The number of aromatic nitrogens is 4. The predicted octanol–water partition coefficient (Wildman–Crippen LogP) is 4.78. The fourth-order valence-electron chi connectivity index (χ4n) is 2.90. The topological polar surface area (TPSA) is 72.7 Å². The Morgan fingerprint density at radius 1 is 1.10 bits per heavy atom. The molecule has 0 saturated carbocycles. The van der Waals surface area contributed by atoms with Gasteiger partial charge < -0.3 is 9.88 Å². The molecule has 29 heavy (non-hydrogen) atoms. The highest BCUT2D eigenvalue weighted by Gasteiger charge is 2.16. The molecule has 2 heterocycles. The monoisotopic (exact) mass is 409 g/mol. The number of benzene rings is 1. The molecule has 0 spiro atoms. The van der Waals surface area contributed by atoms with E-state index < -0.39 is 0 Å². The van der Waals surface area contributed by atoms with Gasteiger partial charge in [0, 0.05) is 18.4 Å². The standard InChI is InChI=1S/C22H27N5OS/c1-5-16-7-10-18(11-8-16)24-20(28)14-29-22-26-25-21(27(22)6-2)19-12-9-17(13-23-19)15(3)4/h7-13,15H,5-6,14H2,1-4H3,(H,24,28). The van der Waals surface area contributed by atoms with Crippen LogP contribution in [-0.2, 0) is 17.8 Å². The number of nitrogens with one attached hydrogen (secondary N) is 1. The van der Waals surface area contributed by atoms with E-state index in [2.05, 4.69) is 47.3 Å². The van der Waals surface area contributed by atoms with E-state index in [1.807, 2.05) is 48.0 Å². The molecule has 152 valence electrons. The van der Waals surface area contributed by atoms with E-state index in [9.17, 15) is 4.79 Å². The van der Waals surface area contributed by atoms with Crippen LogP contribution >= 0.6 is 11.8 Å². The second-order valence-electron chi connectivity index (χ2n) is 7.07. The minimum atomic E-state index is -0.0640. The second kappa shape index (κ2) is 9.69. The van der Waals surface area contributed by atoms with Gasteiger partial charge in [0.1, 0.15) is 5.69 Å². The zero-order chi connectivity index (χ0) is 20.8. The van der Waals surface area contributed by atoms with Gasteiger partial charge in [0.15, 0.2) is 11.0 Å². The second-order valence-corrected chi connectivity index (χ2v) is 8.01. The first-order valence-electron chi connectivity index (χ1n) is 9.92. The number of carbonyl (C=O) groups is 1. The summed E-state index contributed by atoms with van der Waals surface area (Å²) in [6.07, 6.45) is 2.87. The maximum Gasteiger partial charge on any atom is 0.234 e. The summed E-state index contributed by atoms with van der Waals surface area (Å²) in [5, 5.41) is 12.2. The number of rotatable bonds is 8. The van der Waals surface area contributed by atoms with Gasteiger partial charge >= 0.3 is 0 Å². The Morgan fingerprint density at radius 2 is 1.86 bits per heavy atom. The number of anilines is 1. The highest BCUT2D eigenvalue weighted by atomic mass is 32.2. The van der Waals surface area contributed by atoms with Crippen molar-refractivity contribution >= 4 is 23.4 Å². The first-order valence-corrected chi connectivity index (χ1v) is 10.9. The zero-order valence-electron chi connectivity index (χ0n) is 17.3. The molecule has 0 unspecified atom stereocenters. The molecular formula is C22H27N5OS. The highest BCUT2D eigenvalue weighted by molar-refractivity contribution is 7.99. The van der Waals surface area contributed by atoms with Gasteiger partial charge in [-0.15, -0.1) is 10.2 Å². The van der Waals surface area contributed by atoms with Crippen LogP contribution < -0.4 is 5.32 Å². The van der Waals surface area contributed by atoms with Crippen LogP contribution in [0.15, 0.2) is 47.8 Å². The van der Waals surface area contributed by atoms with Crippen molar-refractivity contribution in [1.82, 2.24) is 19.7 Å². The highest BCUT2D eigenvalue weighted by Crippen LogP contribution is 2.24. The van der Waals surface area contributed by atoms with Gasteiger partial charge in [0.05, 0.1) is 5.75 Å². The van der Waals surface area contributed by atoms with Gasteiger partial charge in [-0.1, -0.05) is 50.7 Å². The normalized spacial score (nSPS) is 11.1. The number of nitrogens with zero attached hydrogens (tertiary/aromatic N) is 4. The molecule has 0 aliphatic rings. The number of hydrogen-bond acceptors (Lipinski definition) is 5. The van der Waals surface area contributed by atoms with Crippen molar-refractivity contribution in [2.75, 3.05) is 11.1 Å². The number of pyridine rings is 1. The lowest BCUT2D eigenvalue weighted by molar-refractivity contribution is -0.113. The van der Waals surface area contributed by atoms with Crippen molar-refractivity contribution in [3.05, 3.63) is 53.7 Å². The number of hydrogen-bond donors (Lipinski definition) is 1. The van der Waals surface area contributed by atoms with Gasteiger partial charge in [0.25, 0.3) is 0 Å². The molecule has 0 bridgehead atoms. The van der Waals surface area contributed by atoms with E-state index in [-0.39, 0.29) is 11.7 Å². The lowest BCUT2D eigenvalue weighted by Crippen LogP contribution is -2.14. The van der Waals surface area contributed by atoms with Crippen molar-refractivity contribution in [3.8, 4) is 11.5 Å². The number of aryl methyl sites for hydroxylation is 1. The number of thioether (sulfide) groups is 1. The third kappa shape index (κ3) is 5.23. The van der Waals surface area contributed by atoms with Gasteiger partial charge in [-0.25, -0.2) is 0 Å². The summed E-state index contributed by atoms with van der Waals surface area (Å²) in [4.78, 5) is 16.9. The summed E-state index contributed by atoms with van der Waals surface area (Å²) in [5.74, 6) is 1.36. The van der Waals surface area contributed by atoms with Crippen LogP contribution in [0.2, 0.25) is 0 Å². The molecule has 0 aliphatic heterocycles. The Kier molecular flexibility index (Phi) is 7.04. The summed E-state index contributed by atoms with van der Waals surface area (Å²) in [6.45, 7) is 9.13. The van der Waals surface area contributed by atoms with Gasteiger partial charge in [-0.3, -0.25) is 9.78 Å². The van der Waals surface area contributed by atoms with Crippen LogP contribution in [0.4, 0.5) is 5.69 Å². The fourth-order valence-corrected chi connectivity index (χ4v) is 3.70. The molecule has 1 N–H and O–H groups in total. The Morgan fingerprint density at radius 3 is 2.45 bits per heavy atom. The molecule has 1 amide bonds. The van der Waals surface area contributed by atoms with Crippen molar-refractivity contribution in [3.63, 3.8) is 0 Å². The Bertz CT molecular complexity index is 948. The van der Waals surface area contributed by atoms with E-state index >= 15 is 0 Å². The predicted molar refractivity (Wildman–Crippen MR) is 118 cm³/mol. The number of carbonyl (C=O) groups excluding carboxylic acids is 1. The molecule has 0 fully saturated rings. The summed E-state index contributed by atoms with van der Waals surface area (Å²) < 4.78 is 1.99. The van der Waals surface area contributed by atoms with Gasteiger partial charge in [-0.05, 0) is 48.6 Å². The minimum absolute atomic E-state index is 0.0640. The average molecular weight is 410 g/mol. The molecule has 3 aromatic rings. The van der Waals surface area contributed by atoms with Crippen LogP contribution in [0.3, 0.4) is 0 Å². The van der Waals surface area contributed by atoms with Crippen molar-refractivity contribution in [2.24, 2.45) is 0 Å². The average Bonchev–Trinajstić information content (AvgIpc) is 3.15. The van der Waals surface area contributed by atoms with Crippen LogP contribution in [0.1, 0.15) is 44.7 Å². The Balaban J connectivity index is 1.65. The van der Waals surface area contributed by atoms with E-state index in [0.717, 1.165) is 23.6 Å². The summed E-state index contributed by atoms with van der Waals surface area (Å²) in [5.41, 5.74) is 4.03. The first-order chi connectivity index (χ1) is 14.0. The smallest absolute Gasteiger partial charge is 0.234 e. The van der Waals surface area contributed by atoms with Gasteiger partial charge in [0.2, 0.25) is 5.91 Å². The lowest BCUT2D eigenvalue weighted by Gasteiger charge is -2.09. The molecule has 6 nitrogen and oxygen atoms in total. The van der Waals surface area contributed by atoms with E-state index in [1.54, 1.807) is 0 Å². The first kappa shape index (κ1) is 21.0. The third-order valence-electron chi connectivity index (χ3n) is 4.69. The quantitative estimate of drug-likeness (QED) is 0.542. The van der Waals surface area contributed by atoms with Crippen molar-refractivity contribution in [1.29, 1.82) is 0 Å². The largest absolute Gasteiger partial charge is 0.325 e. The van der Waals surface area contributed by atoms with E-state index in [0.29, 0.717) is 17.6 Å². The summed E-state index contributed by atoms with van der Waals surface area (Å²) in [7, 11) is 0. The van der Waals surface area contributed by atoms with E-state index in [4.69, 9.17) is 0 Å². The van der Waals surface area contributed by atoms with Crippen LogP contribution in [0, 0.1) is 0 Å². The molecule has 3 rings (SSSR count). The van der Waals surface area contributed by atoms with Crippen molar-refractivity contribution in [2.45, 2.75) is 51.7 Å². The molecule has 7 heteroatoms. The Hall–Kier alpha value is -2.67. The zero-order valence-corrected chi connectivity index (χ0v) is 18.2. The molecule has 0 radical (unpaired) electrons. The molecular weight excluding hydrogens is 382 g/mol. The molecule has 2 aromatic heterocycles. The maximum atomic E-state index is 12.3. The van der Waals surface area contributed by atoms with Crippen molar-refractivity contribution < 1.29 is 4.79 Å². The fraction of sp³-hybridized carbons (Fsp3) is 0.364. The summed E-state index contributed by atoms with van der Waals surface area (Å²) >= 11 is 1.38. The summed E-state index contributed by atoms with van der Waals surface area (Å²) in [6, 6.07) is 12.0. The number of amides is 1. The SMILES string of the molecule is CCc1ccc(NC(=O)CSc2nnc(-c3ccc(C(C)C)cn3)n2CC)cc1. The lowest BCUT2D eigenvalue weighted by atomic mass is 10.1. The van der Waals surface area contributed by atoms with Crippen LogP contribution in [0.25, 0.3) is 11.5 Å². The van der Waals surface area contributed by atoms with Gasteiger partial charge in [-0.2, -0.15) is 0 Å². The third-order valence-corrected chi connectivity index (χ3v) is 5.66. The molecule has 0 saturated heterocycles. The minimum Gasteiger partial charge on any atom is -0.325 e. The van der Waals surface area contributed by atoms with Crippen LogP contribution in [0.5, 0.6) is 0 Å². The molecule has 0 aliphatic carbocycles. The van der Waals surface area contributed by atoms with E-state index in [1.165, 1.54) is 22.9 Å². The maximum absolute atomic E-state index is 12.3. The molecule has 1 aromatic carbocycles. The molecule has 0 atom stereocenters.